The number of benzene rings is 1. The van der Waals surface area contributed by atoms with Gasteiger partial charge in [0.25, 0.3) is 0 Å². The molecule has 0 bridgehead atoms. The van der Waals surface area contributed by atoms with E-state index >= 15 is 0 Å². The Kier molecular flexibility index (Phi) is 3.58. The molecule has 3 heteroatoms. The molecule has 1 aromatic carbocycles. The van der Waals surface area contributed by atoms with Crippen molar-refractivity contribution in [2.24, 2.45) is 0 Å². The van der Waals surface area contributed by atoms with Gasteiger partial charge in [0.15, 0.2) is 0 Å². The van der Waals surface area contributed by atoms with Gasteiger partial charge in [-0.25, -0.2) is 0 Å². The zero-order chi connectivity index (χ0) is 9.84. The Labute approximate surface area is 83.6 Å². The van der Waals surface area contributed by atoms with Crippen molar-refractivity contribution in [1.82, 2.24) is 0 Å². The molecular formula is C10H15ClNO+. The molecule has 2 nitrogen and oxygen atoms in total. The van der Waals surface area contributed by atoms with Gasteiger partial charge in [-0.3, -0.25) is 0 Å². The van der Waals surface area contributed by atoms with E-state index in [4.69, 9.17) is 16.3 Å². The molecule has 0 aliphatic heterocycles. The maximum atomic E-state index is 6.02. The van der Waals surface area contributed by atoms with Crippen LogP contribution in [-0.4, -0.2) is 13.2 Å². The van der Waals surface area contributed by atoms with E-state index in [0.29, 0.717) is 6.61 Å². The minimum atomic E-state index is 0.653. The van der Waals surface area contributed by atoms with Crippen molar-refractivity contribution in [2.75, 3.05) is 13.2 Å². The maximum Gasteiger partial charge on any atom is 0.137 e. The van der Waals surface area contributed by atoms with Gasteiger partial charge in [-0.15, -0.1) is 0 Å². The van der Waals surface area contributed by atoms with Gasteiger partial charge < -0.3 is 10.5 Å². The fourth-order valence-electron chi connectivity index (χ4n) is 1.18. The van der Waals surface area contributed by atoms with Gasteiger partial charge in [0, 0.05) is 5.02 Å². The van der Waals surface area contributed by atoms with E-state index in [2.05, 4.69) is 5.73 Å². The quantitative estimate of drug-likeness (QED) is 0.791. The van der Waals surface area contributed by atoms with Gasteiger partial charge in [-0.1, -0.05) is 11.6 Å². The van der Waals surface area contributed by atoms with E-state index in [0.717, 1.165) is 28.4 Å². The van der Waals surface area contributed by atoms with Gasteiger partial charge in [0.05, 0.1) is 0 Å². The maximum absolute atomic E-state index is 6.02. The minimum absolute atomic E-state index is 0.653. The predicted octanol–water partition coefficient (Wildman–Crippen LogP) is 1.58. The fraction of sp³-hybridized carbons (Fsp3) is 0.400. The van der Waals surface area contributed by atoms with Crippen LogP contribution >= 0.6 is 11.6 Å². The van der Waals surface area contributed by atoms with Crippen molar-refractivity contribution in [3.63, 3.8) is 0 Å². The summed E-state index contributed by atoms with van der Waals surface area (Å²) in [7, 11) is 0. The van der Waals surface area contributed by atoms with Crippen LogP contribution in [0.25, 0.3) is 0 Å². The van der Waals surface area contributed by atoms with Gasteiger partial charge in [0.2, 0.25) is 0 Å². The monoisotopic (exact) mass is 200 g/mol. The van der Waals surface area contributed by atoms with E-state index in [1.54, 1.807) is 0 Å². The average molecular weight is 201 g/mol. The molecule has 0 spiro atoms. The molecule has 1 aromatic rings. The highest BCUT2D eigenvalue weighted by Gasteiger charge is 2.02. The van der Waals surface area contributed by atoms with Crippen molar-refractivity contribution in [2.45, 2.75) is 13.8 Å². The molecule has 0 aliphatic carbocycles. The second-order valence-electron chi connectivity index (χ2n) is 3.07. The third-order valence-corrected chi connectivity index (χ3v) is 2.42. The second-order valence-corrected chi connectivity index (χ2v) is 3.45. The van der Waals surface area contributed by atoms with E-state index in [1.165, 1.54) is 0 Å². The minimum Gasteiger partial charge on any atom is -0.488 e. The topological polar surface area (TPSA) is 36.9 Å². The first-order valence-corrected chi connectivity index (χ1v) is 4.71. The lowest BCUT2D eigenvalue weighted by Crippen LogP contribution is -2.52. The van der Waals surface area contributed by atoms with Crippen LogP contribution < -0.4 is 10.5 Å². The van der Waals surface area contributed by atoms with Crippen molar-refractivity contribution >= 4 is 11.6 Å². The van der Waals surface area contributed by atoms with Crippen LogP contribution in [0.1, 0.15) is 11.1 Å². The number of quaternary nitrogens is 1. The molecule has 72 valence electrons. The standard InChI is InChI=1S/C10H14ClNO/c1-7-5-9(13-4-3-12)6-8(2)10(7)11/h5-6H,3-4,12H2,1-2H3/p+1. The summed E-state index contributed by atoms with van der Waals surface area (Å²) in [6.45, 7) is 5.39. The third-order valence-electron chi connectivity index (χ3n) is 1.82. The number of halogens is 1. The second kappa shape index (κ2) is 4.49. The van der Waals surface area contributed by atoms with Crippen molar-refractivity contribution in [1.29, 1.82) is 0 Å². The summed E-state index contributed by atoms with van der Waals surface area (Å²) in [5, 5.41) is 0.821. The first-order chi connectivity index (χ1) is 6.15. The van der Waals surface area contributed by atoms with Crippen LogP contribution in [-0.2, 0) is 0 Å². The van der Waals surface area contributed by atoms with Crippen molar-refractivity contribution in [3.05, 3.63) is 28.3 Å². The van der Waals surface area contributed by atoms with Crippen LogP contribution in [0.15, 0.2) is 12.1 Å². The van der Waals surface area contributed by atoms with Gasteiger partial charge in [0.1, 0.15) is 18.9 Å². The number of hydrogen-bond acceptors (Lipinski definition) is 1. The van der Waals surface area contributed by atoms with Crippen LogP contribution in [0.2, 0.25) is 5.02 Å². The Hall–Kier alpha value is -0.730. The summed E-state index contributed by atoms with van der Waals surface area (Å²) in [5.41, 5.74) is 5.82. The molecule has 0 aromatic heterocycles. The van der Waals surface area contributed by atoms with E-state index in [-0.39, 0.29) is 0 Å². The first-order valence-electron chi connectivity index (χ1n) is 4.34. The Balaban J connectivity index is 2.86. The third kappa shape index (κ3) is 2.61. The van der Waals surface area contributed by atoms with Crippen molar-refractivity contribution < 1.29 is 10.5 Å². The normalized spacial score (nSPS) is 10.2. The highest BCUT2D eigenvalue weighted by Crippen LogP contribution is 2.25. The fourth-order valence-corrected chi connectivity index (χ4v) is 1.29. The molecule has 0 saturated carbocycles. The molecule has 0 amide bonds. The number of hydrogen-bond donors (Lipinski definition) is 1. The summed E-state index contributed by atoms with van der Waals surface area (Å²) in [4.78, 5) is 0. The Bertz CT molecular complexity index is 276. The lowest BCUT2D eigenvalue weighted by Gasteiger charge is -2.08. The summed E-state index contributed by atoms with van der Waals surface area (Å²) in [5.74, 6) is 0.878. The van der Waals surface area contributed by atoms with E-state index in [1.807, 2.05) is 26.0 Å². The van der Waals surface area contributed by atoms with Gasteiger partial charge in [-0.2, -0.15) is 0 Å². The molecule has 0 atom stereocenters. The largest absolute Gasteiger partial charge is 0.488 e. The lowest BCUT2D eigenvalue weighted by atomic mass is 10.1. The van der Waals surface area contributed by atoms with Gasteiger partial charge in [-0.05, 0) is 37.1 Å². The molecule has 1 rings (SSSR count). The summed E-state index contributed by atoms with van der Waals surface area (Å²) < 4.78 is 5.45. The summed E-state index contributed by atoms with van der Waals surface area (Å²) in [6.07, 6.45) is 0. The summed E-state index contributed by atoms with van der Waals surface area (Å²) >= 11 is 6.02. The number of aryl methyl sites for hydroxylation is 2. The first kappa shape index (κ1) is 10.4. The zero-order valence-electron chi connectivity index (χ0n) is 8.06. The highest BCUT2D eigenvalue weighted by atomic mass is 35.5. The Morgan fingerprint density at radius 1 is 1.31 bits per heavy atom. The van der Waals surface area contributed by atoms with Crippen molar-refractivity contribution in [3.8, 4) is 5.75 Å². The Morgan fingerprint density at radius 3 is 2.31 bits per heavy atom. The van der Waals surface area contributed by atoms with Crippen LogP contribution in [0.3, 0.4) is 0 Å². The SMILES string of the molecule is Cc1cc(OCC[NH3+])cc(C)c1Cl. The molecule has 0 fully saturated rings. The predicted molar refractivity (Wildman–Crippen MR) is 54.2 cm³/mol. The molecular weight excluding hydrogens is 186 g/mol. The highest BCUT2D eigenvalue weighted by molar-refractivity contribution is 6.32. The number of ether oxygens (including phenoxy) is 1. The molecule has 13 heavy (non-hydrogen) atoms. The zero-order valence-corrected chi connectivity index (χ0v) is 8.82. The molecule has 0 aliphatic rings. The Morgan fingerprint density at radius 2 is 1.85 bits per heavy atom. The average Bonchev–Trinajstić information content (AvgIpc) is 2.10. The van der Waals surface area contributed by atoms with Crippen LogP contribution in [0.5, 0.6) is 5.75 Å². The number of rotatable bonds is 3. The molecule has 0 saturated heterocycles. The smallest absolute Gasteiger partial charge is 0.137 e. The van der Waals surface area contributed by atoms with Crippen LogP contribution in [0.4, 0.5) is 0 Å². The van der Waals surface area contributed by atoms with Gasteiger partial charge >= 0.3 is 0 Å². The van der Waals surface area contributed by atoms with E-state index in [9.17, 15) is 0 Å². The molecule has 3 N–H and O–H groups in total. The van der Waals surface area contributed by atoms with Crippen LogP contribution in [0, 0.1) is 13.8 Å². The lowest BCUT2D eigenvalue weighted by molar-refractivity contribution is -0.370. The summed E-state index contributed by atoms with van der Waals surface area (Å²) in [6, 6.07) is 3.90. The molecule has 0 heterocycles. The van der Waals surface area contributed by atoms with E-state index < -0.39 is 0 Å². The molecule has 0 radical (unpaired) electrons. The molecule has 0 unspecified atom stereocenters.